The van der Waals surface area contributed by atoms with Crippen molar-refractivity contribution < 1.29 is 14.3 Å². The molecule has 2 aromatic rings. The predicted molar refractivity (Wildman–Crippen MR) is 94.1 cm³/mol. The third-order valence-electron chi connectivity index (χ3n) is 3.38. The molecule has 0 atom stereocenters. The van der Waals surface area contributed by atoms with Gasteiger partial charge >= 0.3 is 5.97 Å². The van der Waals surface area contributed by atoms with Gasteiger partial charge < -0.3 is 14.6 Å². The molecule has 0 aliphatic carbocycles. The van der Waals surface area contributed by atoms with Gasteiger partial charge in [0.25, 0.3) is 5.56 Å². The van der Waals surface area contributed by atoms with Crippen molar-refractivity contribution in [3.05, 3.63) is 49.7 Å². The van der Waals surface area contributed by atoms with Crippen LogP contribution in [0.15, 0.2) is 23.1 Å². The van der Waals surface area contributed by atoms with E-state index in [1.807, 2.05) is 6.92 Å². The van der Waals surface area contributed by atoms with Crippen LogP contribution in [-0.4, -0.2) is 23.1 Å². The van der Waals surface area contributed by atoms with Gasteiger partial charge in [-0.3, -0.25) is 9.59 Å². The lowest BCUT2D eigenvalue weighted by molar-refractivity contribution is -0.116. The first-order valence-electron chi connectivity index (χ1n) is 7.26. The Morgan fingerprint density at radius 2 is 2.04 bits per heavy atom. The summed E-state index contributed by atoms with van der Waals surface area (Å²) in [4.78, 5) is 37.0. The Balaban J connectivity index is 2.23. The van der Waals surface area contributed by atoms with Crippen LogP contribution in [-0.2, 0) is 16.1 Å². The zero-order valence-corrected chi connectivity index (χ0v) is 15.1. The van der Waals surface area contributed by atoms with E-state index in [0.717, 1.165) is 10.4 Å². The number of hydrogen-bond acceptors (Lipinski definition) is 5. The second-order valence-electron chi connectivity index (χ2n) is 5.07. The van der Waals surface area contributed by atoms with Crippen LogP contribution < -0.4 is 10.9 Å². The van der Waals surface area contributed by atoms with Crippen molar-refractivity contribution in [2.45, 2.75) is 27.3 Å². The zero-order valence-electron chi connectivity index (χ0n) is 13.5. The molecule has 2 heterocycles. The topological polar surface area (TPSA) is 77.4 Å². The fourth-order valence-electron chi connectivity index (χ4n) is 2.11. The monoisotopic (exact) mass is 368 g/mol. The summed E-state index contributed by atoms with van der Waals surface area (Å²) in [5, 5.41) is 3.46. The molecule has 0 saturated heterocycles. The van der Waals surface area contributed by atoms with Crippen molar-refractivity contribution in [2.75, 3.05) is 11.9 Å². The first-order chi connectivity index (χ1) is 11.3. The SMILES string of the molecule is CCOC(=O)c1c(NC(=O)Cn2cc(Cl)ccc2=O)sc(C)c1C. The van der Waals surface area contributed by atoms with Crippen LogP contribution in [0.25, 0.3) is 0 Å². The largest absolute Gasteiger partial charge is 0.462 e. The number of hydrogen-bond donors (Lipinski definition) is 1. The van der Waals surface area contributed by atoms with Crippen LogP contribution in [0.2, 0.25) is 5.02 Å². The van der Waals surface area contributed by atoms with Gasteiger partial charge in [-0.05, 0) is 32.4 Å². The summed E-state index contributed by atoms with van der Waals surface area (Å²) in [6, 6.07) is 2.75. The number of halogens is 1. The third-order valence-corrected chi connectivity index (χ3v) is 4.73. The van der Waals surface area contributed by atoms with Gasteiger partial charge in [-0.25, -0.2) is 4.79 Å². The molecule has 6 nitrogen and oxygen atoms in total. The number of esters is 1. The molecule has 0 fully saturated rings. The van der Waals surface area contributed by atoms with Crippen molar-refractivity contribution >= 4 is 39.8 Å². The van der Waals surface area contributed by atoms with Crippen LogP contribution in [0.4, 0.5) is 5.00 Å². The van der Waals surface area contributed by atoms with Crippen molar-refractivity contribution in [3.8, 4) is 0 Å². The number of amides is 1. The van der Waals surface area contributed by atoms with Gasteiger partial charge in [0.15, 0.2) is 0 Å². The van der Waals surface area contributed by atoms with Gasteiger partial charge in [0, 0.05) is 17.1 Å². The number of pyridine rings is 1. The average molecular weight is 369 g/mol. The van der Waals surface area contributed by atoms with Gasteiger partial charge in [0.2, 0.25) is 5.91 Å². The number of carbonyl (C=O) groups excluding carboxylic acids is 2. The van der Waals surface area contributed by atoms with E-state index in [4.69, 9.17) is 16.3 Å². The van der Waals surface area contributed by atoms with Crippen LogP contribution in [0.3, 0.4) is 0 Å². The first kappa shape index (κ1) is 18.2. The maximum Gasteiger partial charge on any atom is 0.341 e. The highest BCUT2D eigenvalue weighted by molar-refractivity contribution is 7.16. The van der Waals surface area contributed by atoms with E-state index in [1.54, 1.807) is 13.8 Å². The lowest BCUT2D eigenvalue weighted by Gasteiger charge is -2.08. The second kappa shape index (κ2) is 7.63. The quantitative estimate of drug-likeness (QED) is 0.823. The van der Waals surface area contributed by atoms with Crippen LogP contribution in [0.5, 0.6) is 0 Å². The molecule has 128 valence electrons. The normalized spacial score (nSPS) is 10.5. The Labute approximate surface area is 148 Å². The first-order valence-corrected chi connectivity index (χ1v) is 8.45. The Bertz CT molecular complexity index is 841. The summed E-state index contributed by atoms with van der Waals surface area (Å²) >= 11 is 7.13. The van der Waals surface area contributed by atoms with Crippen LogP contribution in [0, 0.1) is 13.8 Å². The summed E-state index contributed by atoms with van der Waals surface area (Å²) in [6.45, 7) is 5.43. The molecule has 1 N–H and O–H groups in total. The van der Waals surface area contributed by atoms with Crippen molar-refractivity contribution in [1.82, 2.24) is 4.57 Å². The highest BCUT2D eigenvalue weighted by atomic mass is 35.5. The molecule has 0 saturated carbocycles. The van der Waals surface area contributed by atoms with Crippen LogP contribution in [0.1, 0.15) is 27.7 Å². The minimum Gasteiger partial charge on any atom is -0.462 e. The van der Waals surface area contributed by atoms with E-state index < -0.39 is 11.9 Å². The fraction of sp³-hybridized carbons (Fsp3) is 0.312. The number of aromatic nitrogens is 1. The Morgan fingerprint density at radius 3 is 2.71 bits per heavy atom. The summed E-state index contributed by atoms with van der Waals surface area (Å²) in [7, 11) is 0. The van der Waals surface area contributed by atoms with Gasteiger partial charge in [0.05, 0.1) is 17.2 Å². The molecule has 8 heteroatoms. The van der Waals surface area contributed by atoms with E-state index in [0.29, 0.717) is 15.6 Å². The molecule has 2 aromatic heterocycles. The maximum absolute atomic E-state index is 12.2. The fourth-order valence-corrected chi connectivity index (χ4v) is 3.36. The molecule has 0 spiro atoms. The predicted octanol–water partition coefficient (Wildman–Crippen LogP) is 3.00. The summed E-state index contributed by atoms with van der Waals surface area (Å²) in [6.07, 6.45) is 1.39. The highest BCUT2D eigenvalue weighted by Crippen LogP contribution is 2.33. The zero-order chi connectivity index (χ0) is 17.9. The van der Waals surface area contributed by atoms with E-state index in [-0.39, 0.29) is 18.7 Å². The smallest absolute Gasteiger partial charge is 0.341 e. The summed E-state index contributed by atoms with van der Waals surface area (Å²) in [5.74, 6) is -0.902. The summed E-state index contributed by atoms with van der Waals surface area (Å²) < 4.78 is 6.24. The van der Waals surface area contributed by atoms with E-state index in [2.05, 4.69) is 5.32 Å². The van der Waals surface area contributed by atoms with Gasteiger partial charge in [-0.2, -0.15) is 0 Å². The number of aryl methyl sites for hydroxylation is 1. The van der Waals surface area contributed by atoms with Crippen molar-refractivity contribution in [3.63, 3.8) is 0 Å². The molecule has 0 unspecified atom stereocenters. The molecule has 24 heavy (non-hydrogen) atoms. The third kappa shape index (κ3) is 4.04. The maximum atomic E-state index is 12.2. The minimum absolute atomic E-state index is 0.197. The van der Waals surface area contributed by atoms with E-state index in [9.17, 15) is 14.4 Å². The Kier molecular flexibility index (Phi) is 5.80. The number of rotatable bonds is 5. The molecular weight excluding hydrogens is 352 g/mol. The second-order valence-corrected chi connectivity index (χ2v) is 6.73. The van der Waals surface area contributed by atoms with Crippen molar-refractivity contribution in [1.29, 1.82) is 0 Å². The van der Waals surface area contributed by atoms with Gasteiger partial charge in [-0.1, -0.05) is 11.6 Å². The van der Waals surface area contributed by atoms with E-state index >= 15 is 0 Å². The molecule has 0 radical (unpaired) electrons. The molecule has 0 bridgehead atoms. The molecule has 1 amide bonds. The minimum atomic E-state index is -0.477. The molecular formula is C16H17ClN2O4S. The van der Waals surface area contributed by atoms with Gasteiger partial charge in [-0.15, -0.1) is 11.3 Å². The Morgan fingerprint density at radius 1 is 1.33 bits per heavy atom. The number of nitrogens with one attached hydrogen (secondary N) is 1. The molecule has 0 aliphatic rings. The standard InChI is InChI=1S/C16H17ClN2O4S/c1-4-23-16(22)14-9(2)10(3)24-15(14)18-12(20)8-19-7-11(17)5-6-13(19)21/h5-7H,4,8H2,1-3H3,(H,18,20). The lowest BCUT2D eigenvalue weighted by Crippen LogP contribution is -2.27. The number of thiophene rings is 1. The molecule has 0 aromatic carbocycles. The average Bonchev–Trinajstić information content (AvgIpc) is 2.77. The molecule has 2 rings (SSSR count). The highest BCUT2D eigenvalue weighted by Gasteiger charge is 2.22. The molecule has 0 aliphatic heterocycles. The van der Waals surface area contributed by atoms with E-state index in [1.165, 1.54) is 34.2 Å². The van der Waals surface area contributed by atoms with Gasteiger partial charge in [0.1, 0.15) is 11.5 Å². The lowest BCUT2D eigenvalue weighted by atomic mass is 10.1. The number of carbonyl (C=O) groups is 2. The number of ether oxygens (including phenoxy) is 1. The Hall–Kier alpha value is -2.12. The number of anilines is 1. The number of nitrogens with zero attached hydrogens (tertiary/aromatic N) is 1. The van der Waals surface area contributed by atoms with Crippen LogP contribution >= 0.6 is 22.9 Å². The van der Waals surface area contributed by atoms with Crippen molar-refractivity contribution in [2.24, 2.45) is 0 Å². The summed E-state index contributed by atoms with van der Waals surface area (Å²) in [5.41, 5.74) is 0.790.